The molecule has 0 unspecified atom stereocenters. The van der Waals surface area contributed by atoms with Crippen molar-refractivity contribution in [2.24, 2.45) is 11.8 Å². The van der Waals surface area contributed by atoms with Gasteiger partial charge in [0, 0.05) is 38.0 Å². The van der Waals surface area contributed by atoms with Crippen LogP contribution in [0.1, 0.15) is 37.7 Å². The van der Waals surface area contributed by atoms with Gasteiger partial charge in [0.15, 0.2) is 0 Å². The minimum absolute atomic E-state index is 0.0208. The lowest BCUT2D eigenvalue weighted by atomic mass is 9.84. The number of rotatable bonds is 2. The van der Waals surface area contributed by atoms with Gasteiger partial charge < -0.3 is 14.5 Å². The number of carbonyl (C=O) groups is 2. The first-order valence-electron chi connectivity index (χ1n) is 10.0. The molecule has 140 valence electrons. The van der Waals surface area contributed by atoms with E-state index in [0.717, 1.165) is 56.5 Å². The summed E-state index contributed by atoms with van der Waals surface area (Å²) in [6, 6.07) is 8.02. The number of carbonyl (C=O) groups excluding carboxylic acids is 2. The first-order chi connectivity index (χ1) is 12.7. The van der Waals surface area contributed by atoms with Gasteiger partial charge >= 0.3 is 0 Å². The second-order valence-electron chi connectivity index (χ2n) is 7.78. The maximum atomic E-state index is 13.1. The number of hydrogen-bond donors (Lipinski definition) is 0. The van der Waals surface area contributed by atoms with E-state index in [2.05, 4.69) is 6.07 Å². The lowest BCUT2D eigenvalue weighted by Gasteiger charge is -2.31. The molecule has 2 fully saturated rings. The zero-order valence-corrected chi connectivity index (χ0v) is 15.4. The predicted molar refractivity (Wildman–Crippen MR) is 98.9 cm³/mol. The summed E-state index contributed by atoms with van der Waals surface area (Å²) < 4.78 is 5.81. The lowest BCUT2D eigenvalue weighted by molar-refractivity contribution is -0.139. The van der Waals surface area contributed by atoms with E-state index in [-0.39, 0.29) is 17.7 Å². The van der Waals surface area contributed by atoms with E-state index in [4.69, 9.17) is 4.74 Å². The van der Waals surface area contributed by atoms with Crippen molar-refractivity contribution in [1.29, 1.82) is 0 Å². The van der Waals surface area contributed by atoms with E-state index in [9.17, 15) is 9.59 Å². The third kappa shape index (κ3) is 3.57. The molecule has 2 heterocycles. The Morgan fingerprint density at radius 3 is 2.23 bits per heavy atom. The number of hydrogen-bond acceptors (Lipinski definition) is 3. The summed E-state index contributed by atoms with van der Waals surface area (Å²) in [5.41, 5.74) is 1.12. The van der Waals surface area contributed by atoms with E-state index in [0.29, 0.717) is 25.6 Å². The van der Waals surface area contributed by atoms with Gasteiger partial charge in [-0.2, -0.15) is 0 Å². The molecule has 0 radical (unpaired) electrons. The van der Waals surface area contributed by atoms with Crippen molar-refractivity contribution in [1.82, 2.24) is 9.80 Å². The molecule has 5 nitrogen and oxygen atoms in total. The van der Waals surface area contributed by atoms with Crippen LogP contribution in [0.25, 0.3) is 0 Å². The van der Waals surface area contributed by atoms with Crippen LogP contribution >= 0.6 is 0 Å². The molecule has 5 heteroatoms. The van der Waals surface area contributed by atoms with Crippen LogP contribution in [0.15, 0.2) is 24.3 Å². The van der Waals surface area contributed by atoms with Crippen LogP contribution < -0.4 is 4.74 Å². The molecule has 4 rings (SSSR count). The standard InChI is InChI=1S/C21H28N2O3/c24-20(16-6-3-7-16)22-10-4-11-23(13-12-22)21(25)18-9-14-26-19-8-2-1-5-17(19)15-18/h1-2,5,8,16,18H,3-4,6-7,9-15H2/t18-/m0/s1. The highest BCUT2D eigenvalue weighted by atomic mass is 16.5. The maximum absolute atomic E-state index is 13.1. The third-order valence-corrected chi connectivity index (χ3v) is 6.09. The summed E-state index contributed by atoms with van der Waals surface area (Å²) >= 11 is 0. The van der Waals surface area contributed by atoms with Crippen molar-refractivity contribution in [2.75, 3.05) is 32.8 Å². The number of para-hydroxylation sites is 1. The Balaban J connectivity index is 1.38. The van der Waals surface area contributed by atoms with Crippen molar-refractivity contribution >= 4 is 11.8 Å². The van der Waals surface area contributed by atoms with Gasteiger partial charge in [-0.05, 0) is 43.7 Å². The highest BCUT2D eigenvalue weighted by Gasteiger charge is 2.32. The van der Waals surface area contributed by atoms with Crippen LogP contribution in [0, 0.1) is 11.8 Å². The van der Waals surface area contributed by atoms with Crippen LogP contribution in [-0.2, 0) is 16.0 Å². The van der Waals surface area contributed by atoms with E-state index in [1.54, 1.807) is 0 Å². The molecule has 1 aromatic rings. The fourth-order valence-corrected chi connectivity index (χ4v) is 4.23. The number of ether oxygens (including phenoxy) is 1. The zero-order valence-electron chi connectivity index (χ0n) is 15.4. The largest absolute Gasteiger partial charge is 0.493 e. The molecule has 26 heavy (non-hydrogen) atoms. The molecule has 3 aliphatic rings. The second kappa shape index (κ2) is 7.68. The summed E-state index contributed by atoms with van der Waals surface area (Å²) in [6.07, 6.45) is 5.65. The summed E-state index contributed by atoms with van der Waals surface area (Å²) in [6.45, 7) is 3.48. The molecule has 1 aromatic carbocycles. The Hall–Kier alpha value is -2.04. The van der Waals surface area contributed by atoms with Crippen LogP contribution in [-0.4, -0.2) is 54.4 Å². The van der Waals surface area contributed by atoms with Crippen molar-refractivity contribution in [2.45, 2.75) is 38.5 Å². The van der Waals surface area contributed by atoms with E-state index >= 15 is 0 Å². The number of amides is 2. The Kier molecular flexibility index (Phi) is 5.14. The van der Waals surface area contributed by atoms with Crippen LogP contribution in [0.2, 0.25) is 0 Å². The molecule has 0 spiro atoms. The average Bonchev–Trinajstić information content (AvgIpc) is 2.98. The third-order valence-electron chi connectivity index (χ3n) is 6.09. The smallest absolute Gasteiger partial charge is 0.226 e. The molecule has 1 aliphatic carbocycles. The first-order valence-corrected chi connectivity index (χ1v) is 10.0. The Bertz CT molecular complexity index is 671. The van der Waals surface area contributed by atoms with Crippen LogP contribution in [0.5, 0.6) is 5.75 Å². The zero-order chi connectivity index (χ0) is 17.9. The SMILES string of the molecule is O=C(C1CCC1)N1CCCN(C(=O)[C@H]2CCOc3ccccc3C2)CC1. The predicted octanol–water partition coefficient (Wildman–Crippen LogP) is 2.49. The summed E-state index contributed by atoms with van der Waals surface area (Å²) in [5.74, 6) is 1.67. The molecule has 2 amide bonds. The molecule has 0 aromatic heterocycles. The molecule has 1 saturated heterocycles. The van der Waals surface area contributed by atoms with Gasteiger partial charge in [-0.1, -0.05) is 24.6 Å². The van der Waals surface area contributed by atoms with Gasteiger partial charge in [0.05, 0.1) is 6.61 Å². The van der Waals surface area contributed by atoms with E-state index < -0.39 is 0 Å². The molecule has 2 aliphatic heterocycles. The van der Waals surface area contributed by atoms with Crippen LogP contribution in [0.4, 0.5) is 0 Å². The minimum atomic E-state index is -0.0208. The van der Waals surface area contributed by atoms with Gasteiger partial charge in [0.1, 0.15) is 5.75 Å². The average molecular weight is 356 g/mol. The van der Waals surface area contributed by atoms with Crippen LogP contribution in [0.3, 0.4) is 0 Å². The summed E-state index contributed by atoms with van der Waals surface area (Å²) in [7, 11) is 0. The molecule has 1 saturated carbocycles. The number of nitrogens with zero attached hydrogens (tertiary/aromatic N) is 2. The Labute approximate surface area is 155 Å². The first kappa shape index (κ1) is 17.4. The van der Waals surface area contributed by atoms with Crippen molar-refractivity contribution in [3.63, 3.8) is 0 Å². The van der Waals surface area contributed by atoms with Gasteiger partial charge in [-0.25, -0.2) is 0 Å². The van der Waals surface area contributed by atoms with Gasteiger partial charge in [0.25, 0.3) is 0 Å². The lowest BCUT2D eigenvalue weighted by Crippen LogP contribution is -2.43. The topological polar surface area (TPSA) is 49.9 Å². The normalized spacial score (nSPS) is 23.9. The summed E-state index contributed by atoms with van der Waals surface area (Å²) in [5, 5.41) is 0. The van der Waals surface area contributed by atoms with Crippen molar-refractivity contribution < 1.29 is 14.3 Å². The maximum Gasteiger partial charge on any atom is 0.226 e. The molecule has 0 bridgehead atoms. The van der Waals surface area contributed by atoms with Crippen molar-refractivity contribution in [3.8, 4) is 5.75 Å². The fraction of sp³-hybridized carbons (Fsp3) is 0.619. The van der Waals surface area contributed by atoms with Crippen molar-refractivity contribution in [3.05, 3.63) is 29.8 Å². The minimum Gasteiger partial charge on any atom is -0.493 e. The number of fused-ring (bicyclic) bond motifs is 1. The second-order valence-corrected chi connectivity index (χ2v) is 7.78. The molecule has 1 atom stereocenters. The molecule has 0 N–H and O–H groups in total. The Morgan fingerprint density at radius 2 is 1.54 bits per heavy atom. The fourth-order valence-electron chi connectivity index (χ4n) is 4.23. The molecular formula is C21H28N2O3. The highest BCUT2D eigenvalue weighted by Crippen LogP contribution is 2.30. The Morgan fingerprint density at radius 1 is 0.846 bits per heavy atom. The van der Waals surface area contributed by atoms with E-state index in [1.165, 1.54) is 6.42 Å². The van der Waals surface area contributed by atoms with Gasteiger partial charge in [-0.15, -0.1) is 0 Å². The van der Waals surface area contributed by atoms with E-state index in [1.807, 2.05) is 28.0 Å². The highest BCUT2D eigenvalue weighted by molar-refractivity contribution is 5.81. The van der Waals surface area contributed by atoms with Gasteiger partial charge in [0.2, 0.25) is 11.8 Å². The molecular weight excluding hydrogens is 328 g/mol. The number of benzene rings is 1. The quantitative estimate of drug-likeness (QED) is 0.818. The monoisotopic (exact) mass is 356 g/mol. The summed E-state index contributed by atoms with van der Waals surface area (Å²) in [4.78, 5) is 29.6. The van der Waals surface area contributed by atoms with Gasteiger partial charge in [-0.3, -0.25) is 9.59 Å².